The third-order valence-corrected chi connectivity index (χ3v) is 10.2. The highest BCUT2D eigenvalue weighted by molar-refractivity contribution is 5.89. The zero-order valence-electron chi connectivity index (χ0n) is 33.9. The molecule has 1 saturated heterocycles. The van der Waals surface area contributed by atoms with E-state index in [0.717, 1.165) is 43.6 Å². The number of nitrogens with one attached hydrogen (secondary N) is 1. The Kier molecular flexibility index (Phi) is 29.2. The van der Waals surface area contributed by atoms with Gasteiger partial charge < -0.3 is 15.0 Å². The first kappa shape index (κ1) is 47.1. The molecule has 0 spiro atoms. The average Bonchev–Trinajstić information content (AvgIpc) is 3.48. The number of nitrogens with two attached hydrogens (primary N) is 1. The van der Waals surface area contributed by atoms with Crippen LogP contribution in [0.1, 0.15) is 206 Å². The first-order valence-corrected chi connectivity index (χ1v) is 21.6. The number of nitrogens with zero attached hydrogens (tertiary/aromatic N) is 3. The van der Waals surface area contributed by atoms with Gasteiger partial charge in [0.05, 0.1) is 13.2 Å². The van der Waals surface area contributed by atoms with E-state index in [1.54, 1.807) is 14.1 Å². The molecule has 4 amide bonds. The van der Waals surface area contributed by atoms with Crippen molar-refractivity contribution >= 4 is 18.0 Å². The van der Waals surface area contributed by atoms with E-state index in [4.69, 9.17) is 15.5 Å². The summed E-state index contributed by atoms with van der Waals surface area (Å²) in [6.07, 6.45) is 36.8. The van der Waals surface area contributed by atoms with Gasteiger partial charge in [-0.3, -0.25) is 4.79 Å². The molecule has 1 aliphatic heterocycles. The van der Waals surface area contributed by atoms with Crippen LogP contribution in [-0.4, -0.2) is 72.6 Å². The number of amides is 4. The number of carbonyl (C=O) groups is 3. The summed E-state index contributed by atoms with van der Waals surface area (Å²) in [7, 11) is 3.26. The van der Waals surface area contributed by atoms with Gasteiger partial charge in [-0.05, 0) is 17.8 Å². The largest absolute Gasteiger partial charge is 0.572 e. The SMILES string of the molecule is CCCCCCCCCCCCCCCCCC[N+](N)(ON1CC(C(=O)N(C)C)NC1=O)C(=O)OCCCCCCCCCCCCCCCC. The molecule has 1 aliphatic rings. The van der Waals surface area contributed by atoms with Crippen molar-refractivity contribution in [1.29, 1.82) is 0 Å². The molecule has 0 aromatic carbocycles. The van der Waals surface area contributed by atoms with Crippen LogP contribution in [0.25, 0.3) is 0 Å². The number of likely N-dealkylation sites (N-methyl/N-ethyl adjacent to an activating group) is 1. The van der Waals surface area contributed by atoms with Crippen LogP contribution in [0.15, 0.2) is 0 Å². The van der Waals surface area contributed by atoms with Gasteiger partial charge in [0.25, 0.3) is 0 Å². The Morgan fingerprint density at radius 1 is 0.647 bits per heavy atom. The van der Waals surface area contributed by atoms with E-state index in [1.807, 2.05) is 0 Å². The maximum atomic E-state index is 13.3. The number of unbranched alkanes of at least 4 members (excludes halogenated alkanes) is 28. The maximum Gasteiger partial charge on any atom is 0.572 e. The first-order chi connectivity index (χ1) is 24.7. The van der Waals surface area contributed by atoms with Crippen LogP contribution in [0.5, 0.6) is 0 Å². The van der Waals surface area contributed by atoms with Crippen molar-refractivity contribution in [1.82, 2.24) is 15.3 Å². The van der Waals surface area contributed by atoms with Crippen LogP contribution < -0.4 is 11.2 Å². The summed E-state index contributed by atoms with van der Waals surface area (Å²) < 4.78 is 4.64. The second kappa shape index (κ2) is 31.6. The molecular weight excluding hydrogens is 642 g/mol. The number of urea groups is 1. The van der Waals surface area contributed by atoms with Crippen molar-refractivity contribution in [2.45, 2.75) is 213 Å². The van der Waals surface area contributed by atoms with Crippen molar-refractivity contribution in [2.75, 3.05) is 33.8 Å². The van der Waals surface area contributed by atoms with Gasteiger partial charge in [0.2, 0.25) is 5.91 Å². The second-order valence-corrected chi connectivity index (χ2v) is 15.4. The fourth-order valence-electron chi connectivity index (χ4n) is 6.84. The minimum atomic E-state index is -0.965. The van der Waals surface area contributed by atoms with Gasteiger partial charge in [-0.25, -0.2) is 4.79 Å². The van der Waals surface area contributed by atoms with E-state index in [-0.39, 0.29) is 25.6 Å². The Morgan fingerprint density at radius 2 is 1.00 bits per heavy atom. The van der Waals surface area contributed by atoms with Crippen molar-refractivity contribution in [3.63, 3.8) is 0 Å². The summed E-state index contributed by atoms with van der Waals surface area (Å²) in [5.74, 6) is 6.26. The summed E-state index contributed by atoms with van der Waals surface area (Å²) >= 11 is 0. The van der Waals surface area contributed by atoms with E-state index in [1.165, 1.54) is 153 Å². The van der Waals surface area contributed by atoms with Crippen molar-refractivity contribution in [3.8, 4) is 0 Å². The van der Waals surface area contributed by atoms with Gasteiger partial charge in [-0.15, -0.1) is 10.9 Å². The van der Waals surface area contributed by atoms with E-state index < -0.39 is 22.9 Å². The van der Waals surface area contributed by atoms with Gasteiger partial charge in [0.1, 0.15) is 12.6 Å². The number of rotatable bonds is 35. The highest BCUT2D eigenvalue weighted by Gasteiger charge is 2.46. The predicted molar refractivity (Wildman–Crippen MR) is 209 cm³/mol. The lowest BCUT2D eigenvalue weighted by Gasteiger charge is -2.28. The molecule has 1 rings (SSSR count). The highest BCUT2D eigenvalue weighted by atomic mass is 16.9. The van der Waals surface area contributed by atoms with Gasteiger partial charge in [0, 0.05) is 25.3 Å². The standard InChI is InChI=1S/C41H81N5O5/c1-5-7-9-11-13-15-17-19-21-22-23-25-27-29-31-33-35-46(42,51-45-37-38(43-40(45)48)39(47)44(3)4)41(49)50-36-34-32-30-28-26-24-20-18-16-14-12-10-8-6-2/h38H,5-37,42H2,1-4H3/p+1. The molecule has 2 unspecified atom stereocenters. The lowest BCUT2D eigenvalue weighted by atomic mass is 10.0. The minimum Gasteiger partial charge on any atom is -0.416 e. The lowest BCUT2D eigenvalue weighted by molar-refractivity contribution is -1.08. The Bertz CT molecular complexity index is 875. The summed E-state index contributed by atoms with van der Waals surface area (Å²) in [5.41, 5.74) is 0. The maximum absolute atomic E-state index is 13.3. The van der Waals surface area contributed by atoms with Crippen molar-refractivity contribution in [2.24, 2.45) is 5.84 Å². The van der Waals surface area contributed by atoms with Crippen LogP contribution in [0, 0.1) is 0 Å². The smallest absolute Gasteiger partial charge is 0.416 e. The lowest BCUT2D eigenvalue weighted by Crippen LogP contribution is -2.62. The molecule has 0 aromatic heterocycles. The molecule has 10 heteroatoms. The normalized spacial score (nSPS) is 15.6. The number of carbonyl (C=O) groups excluding carboxylic acids is 3. The third-order valence-electron chi connectivity index (χ3n) is 10.2. The van der Waals surface area contributed by atoms with Crippen LogP contribution in [-0.2, 0) is 14.5 Å². The number of ether oxygens (including phenoxy) is 1. The molecule has 1 fully saturated rings. The van der Waals surface area contributed by atoms with Gasteiger partial charge in [-0.1, -0.05) is 187 Å². The Hall–Kier alpha value is -1.91. The Labute approximate surface area is 313 Å². The van der Waals surface area contributed by atoms with E-state index in [0.29, 0.717) is 6.42 Å². The fraction of sp³-hybridized carbons (Fsp3) is 0.927. The molecule has 0 bridgehead atoms. The molecular formula is C41H82N5O5+. The van der Waals surface area contributed by atoms with Crippen LogP contribution >= 0.6 is 0 Å². The topological polar surface area (TPSA) is 114 Å². The molecule has 10 nitrogen and oxygen atoms in total. The van der Waals surface area contributed by atoms with Crippen LogP contribution in [0.3, 0.4) is 0 Å². The molecule has 0 radical (unpaired) electrons. The second-order valence-electron chi connectivity index (χ2n) is 15.4. The molecule has 3 N–H and O–H groups in total. The van der Waals surface area contributed by atoms with E-state index in [9.17, 15) is 14.4 Å². The third kappa shape index (κ3) is 24.1. The molecule has 0 saturated carbocycles. The van der Waals surface area contributed by atoms with Gasteiger partial charge in [-0.2, -0.15) is 4.79 Å². The van der Waals surface area contributed by atoms with E-state index >= 15 is 0 Å². The Morgan fingerprint density at radius 3 is 1.37 bits per heavy atom. The highest BCUT2D eigenvalue weighted by Crippen LogP contribution is 2.18. The van der Waals surface area contributed by atoms with E-state index in [2.05, 4.69) is 19.2 Å². The van der Waals surface area contributed by atoms with Crippen LogP contribution in [0.4, 0.5) is 9.59 Å². The molecule has 1 heterocycles. The average molecular weight is 725 g/mol. The van der Waals surface area contributed by atoms with Crippen LogP contribution in [0.2, 0.25) is 0 Å². The fourth-order valence-corrected chi connectivity index (χ4v) is 6.84. The number of hydrogen-bond acceptors (Lipinski definition) is 6. The number of hydroxylamine groups is 4. The Balaban J connectivity index is 2.33. The first-order valence-electron chi connectivity index (χ1n) is 21.6. The molecule has 2 atom stereocenters. The summed E-state index contributed by atoms with van der Waals surface area (Å²) in [4.78, 5) is 45.6. The number of hydrogen-bond donors (Lipinski definition) is 2. The zero-order chi connectivity index (χ0) is 37.4. The van der Waals surface area contributed by atoms with Crippen molar-refractivity contribution < 1.29 is 28.8 Å². The molecule has 0 aliphatic carbocycles. The molecule has 300 valence electrons. The quantitative estimate of drug-likeness (QED) is 0.0221. The van der Waals surface area contributed by atoms with Crippen molar-refractivity contribution in [3.05, 3.63) is 0 Å². The monoisotopic (exact) mass is 725 g/mol. The summed E-state index contributed by atoms with van der Waals surface area (Å²) in [6.45, 7) is 4.96. The minimum absolute atomic E-state index is 0.0295. The molecule has 0 aromatic rings. The van der Waals surface area contributed by atoms with Gasteiger partial charge >= 0.3 is 12.1 Å². The molecule has 51 heavy (non-hydrogen) atoms. The van der Waals surface area contributed by atoms with Gasteiger partial charge in [0.15, 0.2) is 0 Å². The predicted octanol–water partition coefficient (Wildman–Crippen LogP) is 10.9. The zero-order valence-corrected chi connectivity index (χ0v) is 33.9. The number of quaternary nitrogens is 1. The summed E-state index contributed by atoms with van der Waals surface area (Å²) in [5, 5.41) is 3.62. The summed E-state index contributed by atoms with van der Waals surface area (Å²) in [6, 6.07) is -1.35.